The lowest BCUT2D eigenvalue weighted by molar-refractivity contribution is 0.0770. The number of nitrogens with zero attached hydrogens (tertiary/aromatic N) is 4. The highest BCUT2D eigenvalue weighted by Crippen LogP contribution is 2.29. The molecule has 2 aromatic rings. The lowest BCUT2D eigenvalue weighted by Crippen LogP contribution is -2.37. The fraction of sp³-hybridized carbons (Fsp3) is 0.522. The largest absolute Gasteiger partial charge is 0.492 e. The van der Waals surface area contributed by atoms with E-state index >= 15 is 0 Å². The molecule has 1 amide bonds. The third kappa shape index (κ3) is 5.33. The summed E-state index contributed by atoms with van der Waals surface area (Å²) >= 11 is 0. The molecule has 7 heteroatoms. The molecule has 0 bridgehead atoms. The van der Waals surface area contributed by atoms with Crippen LogP contribution in [0.25, 0.3) is 0 Å². The summed E-state index contributed by atoms with van der Waals surface area (Å²) in [5, 5.41) is 0. The number of hydrogen-bond donors (Lipinski definition) is 0. The highest BCUT2D eigenvalue weighted by Gasteiger charge is 2.27. The van der Waals surface area contributed by atoms with Crippen molar-refractivity contribution < 1.29 is 13.9 Å². The molecule has 0 spiro atoms. The Hall–Kier alpha value is -2.54. The molecule has 0 N–H and O–H groups in total. The normalized spacial score (nSPS) is 17.0. The van der Waals surface area contributed by atoms with Crippen molar-refractivity contribution in [1.82, 2.24) is 19.8 Å². The lowest BCUT2D eigenvalue weighted by Gasteiger charge is -2.34. The van der Waals surface area contributed by atoms with Gasteiger partial charge in [-0.05, 0) is 64.4 Å². The minimum Gasteiger partial charge on any atom is -0.492 e. The fourth-order valence-corrected chi connectivity index (χ4v) is 3.90. The molecule has 3 rings (SSSR count). The van der Waals surface area contributed by atoms with Crippen molar-refractivity contribution in [1.29, 1.82) is 0 Å². The second kappa shape index (κ2) is 10.5. The SMILES string of the molecule is CCN(CC)C(=O)c1cnc(C2CCCCN2CCOc2ccc(F)cc2)nc1C. The summed E-state index contributed by atoms with van der Waals surface area (Å²) in [6.07, 6.45) is 4.92. The van der Waals surface area contributed by atoms with Gasteiger partial charge in [0.2, 0.25) is 0 Å². The zero-order chi connectivity index (χ0) is 21.5. The van der Waals surface area contributed by atoms with Crippen molar-refractivity contribution in [2.75, 3.05) is 32.8 Å². The molecule has 1 aromatic carbocycles. The van der Waals surface area contributed by atoms with Crippen molar-refractivity contribution in [3.8, 4) is 5.75 Å². The molecule has 1 atom stereocenters. The molecule has 0 saturated carbocycles. The first-order valence-corrected chi connectivity index (χ1v) is 10.8. The minimum absolute atomic E-state index is 0.0164. The predicted octanol–water partition coefficient (Wildman–Crippen LogP) is 4.01. The molecule has 2 heterocycles. The fourth-order valence-electron chi connectivity index (χ4n) is 3.90. The van der Waals surface area contributed by atoms with Crippen LogP contribution in [0.4, 0.5) is 4.39 Å². The van der Waals surface area contributed by atoms with Gasteiger partial charge in [-0.25, -0.2) is 14.4 Å². The number of aromatic nitrogens is 2. The van der Waals surface area contributed by atoms with Gasteiger partial charge in [-0.2, -0.15) is 0 Å². The maximum absolute atomic E-state index is 13.0. The van der Waals surface area contributed by atoms with Crippen LogP contribution in [0.1, 0.15) is 61.0 Å². The lowest BCUT2D eigenvalue weighted by atomic mass is 10.0. The topological polar surface area (TPSA) is 58.6 Å². The number of piperidine rings is 1. The quantitative estimate of drug-likeness (QED) is 0.653. The van der Waals surface area contributed by atoms with Crippen LogP contribution in [-0.2, 0) is 0 Å². The van der Waals surface area contributed by atoms with E-state index in [1.165, 1.54) is 12.1 Å². The van der Waals surface area contributed by atoms with E-state index in [0.717, 1.165) is 43.9 Å². The average molecular weight is 415 g/mol. The second-order valence-electron chi connectivity index (χ2n) is 7.55. The number of benzene rings is 1. The van der Waals surface area contributed by atoms with Gasteiger partial charge in [0.1, 0.15) is 24.0 Å². The Kier molecular flexibility index (Phi) is 7.74. The number of carbonyl (C=O) groups excluding carboxylic acids is 1. The van der Waals surface area contributed by atoms with Gasteiger partial charge < -0.3 is 9.64 Å². The Morgan fingerprint density at radius 2 is 1.97 bits per heavy atom. The van der Waals surface area contributed by atoms with Gasteiger partial charge in [-0.3, -0.25) is 9.69 Å². The van der Waals surface area contributed by atoms with Crippen LogP contribution in [0.5, 0.6) is 5.75 Å². The van der Waals surface area contributed by atoms with E-state index in [9.17, 15) is 9.18 Å². The predicted molar refractivity (Wildman–Crippen MR) is 114 cm³/mol. The van der Waals surface area contributed by atoms with Gasteiger partial charge in [0, 0.05) is 25.8 Å². The molecule has 0 radical (unpaired) electrons. The molecule has 1 saturated heterocycles. The summed E-state index contributed by atoms with van der Waals surface area (Å²) in [6, 6.07) is 6.20. The van der Waals surface area contributed by atoms with E-state index in [4.69, 9.17) is 9.72 Å². The molecule has 162 valence electrons. The Balaban J connectivity index is 1.67. The zero-order valence-corrected chi connectivity index (χ0v) is 18.1. The van der Waals surface area contributed by atoms with Crippen molar-refractivity contribution in [3.63, 3.8) is 0 Å². The number of hydrogen-bond acceptors (Lipinski definition) is 5. The van der Waals surface area contributed by atoms with E-state index < -0.39 is 0 Å². The second-order valence-corrected chi connectivity index (χ2v) is 7.55. The average Bonchev–Trinajstić information content (AvgIpc) is 2.76. The smallest absolute Gasteiger partial charge is 0.257 e. The highest BCUT2D eigenvalue weighted by molar-refractivity contribution is 5.94. The molecule has 0 aliphatic carbocycles. The summed E-state index contributed by atoms with van der Waals surface area (Å²) in [5.74, 6) is 1.15. The van der Waals surface area contributed by atoms with Crippen LogP contribution >= 0.6 is 0 Å². The Labute approximate surface area is 178 Å². The number of halogens is 1. The van der Waals surface area contributed by atoms with E-state index in [1.807, 2.05) is 20.8 Å². The first kappa shape index (κ1) is 22.2. The van der Waals surface area contributed by atoms with Crippen molar-refractivity contribution in [2.45, 2.75) is 46.1 Å². The van der Waals surface area contributed by atoms with Gasteiger partial charge in [0.05, 0.1) is 17.3 Å². The number of carbonyl (C=O) groups is 1. The van der Waals surface area contributed by atoms with Gasteiger partial charge in [0.25, 0.3) is 5.91 Å². The number of aryl methyl sites for hydroxylation is 1. The zero-order valence-electron chi connectivity index (χ0n) is 18.1. The van der Waals surface area contributed by atoms with Crippen LogP contribution in [0, 0.1) is 12.7 Å². The molecule has 6 nitrogen and oxygen atoms in total. The Bertz CT molecular complexity index is 840. The number of amides is 1. The van der Waals surface area contributed by atoms with Gasteiger partial charge >= 0.3 is 0 Å². The van der Waals surface area contributed by atoms with E-state index in [2.05, 4.69) is 9.88 Å². The minimum atomic E-state index is -0.270. The Morgan fingerprint density at radius 1 is 1.23 bits per heavy atom. The molecule has 30 heavy (non-hydrogen) atoms. The molecule has 1 aliphatic heterocycles. The molecule has 1 aromatic heterocycles. The number of ether oxygens (including phenoxy) is 1. The molecular weight excluding hydrogens is 383 g/mol. The number of rotatable bonds is 8. The monoisotopic (exact) mass is 414 g/mol. The van der Waals surface area contributed by atoms with Crippen molar-refractivity contribution >= 4 is 5.91 Å². The van der Waals surface area contributed by atoms with Crippen LogP contribution < -0.4 is 4.74 Å². The summed E-state index contributed by atoms with van der Waals surface area (Å²) in [6.45, 7) is 9.37. The third-order valence-electron chi connectivity index (χ3n) is 5.65. The summed E-state index contributed by atoms with van der Waals surface area (Å²) < 4.78 is 18.8. The van der Waals surface area contributed by atoms with Crippen molar-refractivity contribution in [2.24, 2.45) is 0 Å². The molecular formula is C23H31FN4O2. The summed E-state index contributed by atoms with van der Waals surface area (Å²) in [7, 11) is 0. The maximum atomic E-state index is 13.0. The molecule has 1 fully saturated rings. The first-order valence-electron chi connectivity index (χ1n) is 10.8. The van der Waals surface area contributed by atoms with Crippen LogP contribution in [0.2, 0.25) is 0 Å². The first-order chi connectivity index (χ1) is 14.5. The van der Waals surface area contributed by atoms with Crippen LogP contribution in [-0.4, -0.2) is 58.5 Å². The van der Waals surface area contributed by atoms with Crippen LogP contribution in [0.15, 0.2) is 30.5 Å². The standard InChI is InChI=1S/C23H31FN4O2/c1-4-27(5-2)23(29)20-16-25-22(26-17(20)3)21-8-6-7-13-28(21)14-15-30-19-11-9-18(24)10-12-19/h9-12,16,21H,4-8,13-15H2,1-3H3. The maximum Gasteiger partial charge on any atom is 0.257 e. The highest BCUT2D eigenvalue weighted by atomic mass is 19.1. The van der Waals surface area contributed by atoms with Crippen molar-refractivity contribution in [3.05, 3.63) is 53.4 Å². The molecule has 1 unspecified atom stereocenters. The van der Waals surface area contributed by atoms with E-state index in [-0.39, 0.29) is 17.8 Å². The van der Waals surface area contributed by atoms with Gasteiger partial charge in [-0.1, -0.05) is 6.42 Å². The van der Waals surface area contributed by atoms with E-state index in [0.29, 0.717) is 31.0 Å². The number of likely N-dealkylation sites (tertiary alicyclic amines) is 1. The molecule has 1 aliphatic rings. The van der Waals surface area contributed by atoms with Crippen LogP contribution in [0.3, 0.4) is 0 Å². The van der Waals surface area contributed by atoms with E-state index in [1.54, 1.807) is 23.2 Å². The third-order valence-corrected chi connectivity index (χ3v) is 5.65. The van der Waals surface area contributed by atoms with Gasteiger partial charge in [-0.15, -0.1) is 0 Å². The van der Waals surface area contributed by atoms with Gasteiger partial charge in [0.15, 0.2) is 0 Å². The summed E-state index contributed by atoms with van der Waals surface area (Å²) in [5.41, 5.74) is 1.30. The summed E-state index contributed by atoms with van der Waals surface area (Å²) in [4.78, 5) is 26.1. The Morgan fingerprint density at radius 3 is 2.63 bits per heavy atom.